The second-order valence-corrected chi connectivity index (χ2v) is 6.54. The summed E-state index contributed by atoms with van der Waals surface area (Å²) in [4.78, 5) is 38.0. The zero-order valence-corrected chi connectivity index (χ0v) is 14.0. The zero-order chi connectivity index (χ0) is 17.1. The third-order valence-electron chi connectivity index (χ3n) is 3.44. The number of nitrogens with zero attached hydrogens (tertiary/aromatic N) is 1. The van der Waals surface area contributed by atoms with Gasteiger partial charge in [0.15, 0.2) is 5.78 Å². The Morgan fingerprint density at radius 3 is 2.38 bits per heavy atom. The lowest BCUT2D eigenvalue weighted by Crippen LogP contribution is -2.33. The number of thioether (sulfide) groups is 1. The highest BCUT2D eigenvalue weighted by Gasteiger charge is 2.36. The number of imide groups is 1. The molecule has 0 aliphatic carbocycles. The van der Waals surface area contributed by atoms with Gasteiger partial charge in [0, 0.05) is 10.6 Å². The number of carbonyl (C=O) groups excluding carboxylic acids is 3. The summed E-state index contributed by atoms with van der Waals surface area (Å²) >= 11 is 6.63. The summed E-state index contributed by atoms with van der Waals surface area (Å²) < 4.78 is 0. The highest BCUT2D eigenvalue weighted by atomic mass is 35.5. The number of benzene rings is 2. The molecule has 2 aromatic carbocycles. The molecule has 0 atom stereocenters. The van der Waals surface area contributed by atoms with Crippen molar-refractivity contribution in [1.82, 2.24) is 4.90 Å². The molecular weight excluding hydrogens is 346 g/mol. The van der Waals surface area contributed by atoms with Crippen LogP contribution < -0.4 is 0 Å². The van der Waals surface area contributed by atoms with E-state index in [9.17, 15) is 14.4 Å². The monoisotopic (exact) mass is 357 g/mol. The van der Waals surface area contributed by atoms with Crippen LogP contribution in [0.5, 0.6) is 0 Å². The van der Waals surface area contributed by atoms with Gasteiger partial charge in [0.1, 0.15) is 0 Å². The lowest BCUT2D eigenvalue weighted by Gasteiger charge is -2.11. The highest BCUT2D eigenvalue weighted by Crippen LogP contribution is 2.32. The van der Waals surface area contributed by atoms with E-state index in [2.05, 4.69) is 0 Å². The lowest BCUT2D eigenvalue weighted by atomic mass is 10.1. The molecule has 1 fully saturated rings. The Labute approximate surface area is 148 Å². The van der Waals surface area contributed by atoms with Crippen molar-refractivity contribution in [2.24, 2.45) is 0 Å². The quantitative estimate of drug-likeness (QED) is 0.606. The number of ketones is 1. The Bertz CT molecular complexity index is 831. The molecule has 1 heterocycles. The molecule has 0 bridgehead atoms. The number of carbonyl (C=O) groups is 3. The van der Waals surface area contributed by atoms with Crippen molar-refractivity contribution in [3.63, 3.8) is 0 Å². The SMILES string of the molecule is O=C(CN1C(=O)S/C(=C/c2ccccc2)C1=O)c1ccc(Cl)cc1. The maximum atomic E-state index is 12.4. The number of halogens is 1. The van der Waals surface area contributed by atoms with Crippen molar-refractivity contribution >= 4 is 46.4 Å². The molecule has 0 spiro atoms. The van der Waals surface area contributed by atoms with Crippen LogP contribution in [0.1, 0.15) is 15.9 Å². The van der Waals surface area contributed by atoms with E-state index in [1.807, 2.05) is 30.3 Å². The van der Waals surface area contributed by atoms with Gasteiger partial charge in [-0.2, -0.15) is 0 Å². The van der Waals surface area contributed by atoms with Crippen molar-refractivity contribution < 1.29 is 14.4 Å². The van der Waals surface area contributed by atoms with Crippen LogP contribution in [-0.2, 0) is 4.79 Å². The predicted octanol–water partition coefficient (Wildman–Crippen LogP) is 4.26. The van der Waals surface area contributed by atoms with Crippen molar-refractivity contribution in [2.45, 2.75) is 0 Å². The van der Waals surface area contributed by atoms with E-state index < -0.39 is 11.1 Å². The summed E-state index contributed by atoms with van der Waals surface area (Å²) in [5, 5.41) is 0.0769. The number of hydrogen-bond donors (Lipinski definition) is 0. The maximum Gasteiger partial charge on any atom is 0.293 e. The topological polar surface area (TPSA) is 54.5 Å². The normalized spacial score (nSPS) is 16.0. The van der Waals surface area contributed by atoms with Crippen molar-refractivity contribution in [3.8, 4) is 0 Å². The van der Waals surface area contributed by atoms with Crippen LogP contribution in [0.4, 0.5) is 4.79 Å². The number of Topliss-reactive ketones (excluding diaryl/α,β-unsaturated/α-hetero) is 1. The zero-order valence-electron chi connectivity index (χ0n) is 12.4. The average Bonchev–Trinajstić information content (AvgIpc) is 2.84. The molecule has 0 aromatic heterocycles. The molecule has 0 unspecified atom stereocenters. The molecule has 6 heteroatoms. The Morgan fingerprint density at radius 2 is 1.71 bits per heavy atom. The molecule has 0 N–H and O–H groups in total. The predicted molar refractivity (Wildman–Crippen MR) is 94.9 cm³/mol. The minimum atomic E-state index is -0.448. The van der Waals surface area contributed by atoms with Gasteiger partial charge >= 0.3 is 0 Å². The van der Waals surface area contributed by atoms with Crippen LogP contribution in [0.2, 0.25) is 5.02 Å². The van der Waals surface area contributed by atoms with E-state index in [0.717, 1.165) is 22.2 Å². The Kier molecular flexibility index (Phi) is 4.83. The summed E-state index contributed by atoms with van der Waals surface area (Å²) in [5.41, 5.74) is 1.23. The average molecular weight is 358 g/mol. The van der Waals surface area contributed by atoms with Crippen molar-refractivity contribution in [2.75, 3.05) is 6.54 Å². The van der Waals surface area contributed by atoms with Crippen LogP contribution in [0.3, 0.4) is 0 Å². The van der Waals surface area contributed by atoms with Gasteiger partial charge in [-0.25, -0.2) is 0 Å². The van der Waals surface area contributed by atoms with Gasteiger partial charge < -0.3 is 0 Å². The van der Waals surface area contributed by atoms with Gasteiger partial charge in [0.2, 0.25) is 0 Å². The summed E-state index contributed by atoms with van der Waals surface area (Å²) in [7, 11) is 0. The first kappa shape index (κ1) is 16.5. The van der Waals surface area contributed by atoms with Gasteiger partial charge in [-0.3, -0.25) is 19.3 Å². The molecule has 3 rings (SSSR count). The van der Waals surface area contributed by atoms with Crippen LogP contribution in [-0.4, -0.2) is 28.4 Å². The molecule has 2 amide bonds. The Balaban J connectivity index is 1.76. The van der Waals surface area contributed by atoms with Crippen molar-refractivity contribution in [3.05, 3.63) is 75.7 Å². The van der Waals surface area contributed by atoms with Crippen LogP contribution in [0.25, 0.3) is 6.08 Å². The van der Waals surface area contributed by atoms with Crippen LogP contribution in [0, 0.1) is 0 Å². The summed E-state index contributed by atoms with van der Waals surface area (Å²) in [6.45, 7) is -0.279. The minimum Gasteiger partial charge on any atom is -0.292 e. The second kappa shape index (κ2) is 7.03. The van der Waals surface area contributed by atoms with E-state index in [4.69, 9.17) is 11.6 Å². The number of amides is 2. The van der Waals surface area contributed by atoms with E-state index in [0.29, 0.717) is 15.5 Å². The molecule has 4 nitrogen and oxygen atoms in total. The molecule has 1 aliphatic heterocycles. The molecule has 0 saturated carbocycles. The third-order valence-corrected chi connectivity index (χ3v) is 4.60. The summed E-state index contributed by atoms with van der Waals surface area (Å²) in [5.74, 6) is -0.758. The first-order valence-corrected chi connectivity index (χ1v) is 8.33. The fourth-order valence-electron chi connectivity index (χ4n) is 2.21. The van der Waals surface area contributed by atoms with E-state index in [1.165, 1.54) is 0 Å². The van der Waals surface area contributed by atoms with Gasteiger partial charge in [-0.05, 0) is 47.7 Å². The third kappa shape index (κ3) is 3.58. The largest absolute Gasteiger partial charge is 0.293 e. The second-order valence-electron chi connectivity index (χ2n) is 5.11. The molecule has 0 radical (unpaired) electrons. The van der Waals surface area contributed by atoms with Gasteiger partial charge in [-0.1, -0.05) is 41.9 Å². The molecule has 24 heavy (non-hydrogen) atoms. The number of rotatable bonds is 4. The van der Waals surface area contributed by atoms with Gasteiger partial charge in [-0.15, -0.1) is 0 Å². The molecule has 2 aromatic rings. The van der Waals surface area contributed by atoms with Crippen molar-refractivity contribution in [1.29, 1.82) is 0 Å². The fraction of sp³-hybridized carbons (Fsp3) is 0.0556. The molecule has 1 aliphatic rings. The number of hydrogen-bond acceptors (Lipinski definition) is 4. The van der Waals surface area contributed by atoms with Crippen LogP contribution in [0.15, 0.2) is 59.5 Å². The molecule has 120 valence electrons. The summed E-state index contributed by atoms with van der Waals surface area (Å²) in [6.07, 6.45) is 1.65. The minimum absolute atomic E-state index is 0.279. The fourth-order valence-corrected chi connectivity index (χ4v) is 3.17. The van der Waals surface area contributed by atoms with Gasteiger partial charge in [0.05, 0.1) is 11.4 Å². The highest BCUT2D eigenvalue weighted by molar-refractivity contribution is 8.18. The molecule has 1 saturated heterocycles. The lowest BCUT2D eigenvalue weighted by molar-refractivity contribution is -0.122. The molecular formula is C18H12ClNO3S. The smallest absolute Gasteiger partial charge is 0.292 e. The van der Waals surface area contributed by atoms with Crippen LogP contribution >= 0.6 is 23.4 Å². The van der Waals surface area contributed by atoms with E-state index >= 15 is 0 Å². The van der Waals surface area contributed by atoms with E-state index in [-0.39, 0.29) is 12.3 Å². The Morgan fingerprint density at radius 1 is 1.04 bits per heavy atom. The first-order valence-electron chi connectivity index (χ1n) is 7.14. The summed E-state index contributed by atoms with van der Waals surface area (Å²) in [6, 6.07) is 15.6. The maximum absolute atomic E-state index is 12.4. The first-order chi connectivity index (χ1) is 11.5. The standard InChI is InChI=1S/C18H12ClNO3S/c19-14-8-6-13(7-9-14)15(21)11-20-17(22)16(24-18(20)23)10-12-4-2-1-3-5-12/h1-10H,11H2/b16-10+. The Hall–Kier alpha value is -2.37. The van der Waals surface area contributed by atoms with Gasteiger partial charge in [0.25, 0.3) is 11.1 Å². The van der Waals surface area contributed by atoms with E-state index in [1.54, 1.807) is 30.3 Å².